The minimum absolute atomic E-state index is 0.0916. The summed E-state index contributed by atoms with van der Waals surface area (Å²) in [7, 11) is 1.31. The maximum atomic E-state index is 14.1. The van der Waals surface area contributed by atoms with Gasteiger partial charge < -0.3 is 15.0 Å². The first-order valence-electron chi connectivity index (χ1n) is 8.75. The number of hydrogen-bond acceptors (Lipinski definition) is 5. The lowest BCUT2D eigenvalue weighted by Crippen LogP contribution is -2.32. The summed E-state index contributed by atoms with van der Waals surface area (Å²) >= 11 is 3.36. The van der Waals surface area contributed by atoms with Crippen molar-refractivity contribution in [1.82, 2.24) is 25.3 Å². The van der Waals surface area contributed by atoms with Crippen molar-refractivity contribution in [1.29, 1.82) is 0 Å². The van der Waals surface area contributed by atoms with Crippen LogP contribution in [0.15, 0.2) is 35.1 Å². The van der Waals surface area contributed by atoms with E-state index in [1.54, 1.807) is 12.3 Å². The minimum Gasteiger partial charge on any atom is -0.453 e. The van der Waals surface area contributed by atoms with Crippen molar-refractivity contribution >= 4 is 22.0 Å². The molecule has 3 aromatic rings. The highest BCUT2D eigenvalue weighted by molar-refractivity contribution is 9.10. The van der Waals surface area contributed by atoms with Crippen LogP contribution in [0.1, 0.15) is 19.0 Å². The molecule has 0 saturated carbocycles. The molecule has 0 unspecified atom stereocenters. The summed E-state index contributed by atoms with van der Waals surface area (Å²) in [6, 6.07) is 4.95. The van der Waals surface area contributed by atoms with Gasteiger partial charge >= 0.3 is 6.09 Å². The molecule has 0 aliphatic heterocycles. The highest BCUT2D eigenvalue weighted by Crippen LogP contribution is 2.29. The molecule has 0 aliphatic carbocycles. The summed E-state index contributed by atoms with van der Waals surface area (Å²) in [5, 5.41) is 2.69. The number of amides is 1. The highest BCUT2D eigenvalue weighted by atomic mass is 79.9. The van der Waals surface area contributed by atoms with Crippen LogP contribution in [0, 0.1) is 11.6 Å². The highest BCUT2D eigenvalue weighted by Gasteiger charge is 2.17. The lowest BCUT2D eigenvalue weighted by molar-refractivity contribution is 0.167. The Morgan fingerprint density at radius 1 is 1.31 bits per heavy atom. The van der Waals surface area contributed by atoms with E-state index in [1.807, 2.05) is 6.92 Å². The molecule has 1 amide bonds. The molecule has 0 spiro atoms. The number of hydrogen-bond donors (Lipinski definition) is 2. The van der Waals surface area contributed by atoms with Crippen LogP contribution in [0.5, 0.6) is 0 Å². The fraction of sp³-hybridized carbons (Fsp3) is 0.263. The molecule has 1 atom stereocenters. The fourth-order valence-corrected chi connectivity index (χ4v) is 3.11. The van der Waals surface area contributed by atoms with Gasteiger partial charge in [0.15, 0.2) is 5.82 Å². The van der Waals surface area contributed by atoms with Gasteiger partial charge in [-0.1, -0.05) is 0 Å². The van der Waals surface area contributed by atoms with Crippen LogP contribution in [0.4, 0.5) is 13.6 Å². The largest absolute Gasteiger partial charge is 0.453 e. The van der Waals surface area contributed by atoms with E-state index in [2.05, 4.69) is 45.9 Å². The van der Waals surface area contributed by atoms with Crippen molar-refractivity contribution in [2.45, 2.75) is 25.8 Å². The number of halogens is 3. The molecule has 29 heavy (non-hydrogen) atoms. The number of methoxy groups -OCH3 is 1. The molecule has 7 nitrogen and oxygen atoms in total. The van der Waals surface area contributed by atoms with Gasteiger partial charge in [0.2, 0.25) is 0 Å². The normalized spacial score (nSPS) is 11.9. The van der Waals surface area contributed by atoms with Gasteiger partial charge in [0.05, 0.1) is 12.7 Å². The van der Waals surface area contributed by atoms with Gasteiger partial charge in [-0.05, 0) is 53.9 Å². The van der Waals surface area contributed by atoms with E-state index in [9.17, 15) is 13.6 Å². The van der Waals surface area contributed by atoms with E-state index in [4.69, 9.17) is 0 Å². The average molecular weight is 466 g/mol. The first-order chi connectivity index (χ1) is 13.9. The number of benzene rings is 1. The molecule has 2 N–H and O–H groups in total. The van der Waals surface area contributed by atoms with Crippen molar-refractivity contribution in [2.75, 3.05) is 7.11 Å². The van der Waals surface area contributed by atoms with Gasteiger partial charge in [-0.2, -0.15) is 0 Å². The lowest BCUT2D eigenvalue weighted by Gasteiger charge is -2.12. The van der Waals surface area contributed by atoms with E-state index in [0.29, 0.717) is 29.0 Å². The molecule has 0 fully saturated rings. The first-order valence-corrected chi connectivity index (χ1v) is 9.54. The number of aryl methyl sites for hydroxylation is 1. The summed E-state index contributed by atoms with van der Waals surface area (Å²) < 4.78 is 32.3. The van der Waals surface area contributed by atoms with Crippen molar-refractivity contribution in [2.24, 2.45) is 0 Å². The van der Waals surface area contributed by atoms with Crippen LogP contribution in [-0.2, 0) is 11.2 Å². The Balaban J connectivity index is 1.78. The molecule has 152 valence electrons. The molecule has 1 aromatic carbocycles. The van der Waals surface area contributed by atoms with Crippen molar-refractivity contribution in [3.05, 3.63) is 52.4 Å². The Morgan fingerprint density at radius 2 is 2.10 bits per heavy atom. The Hall–Kier alpha value is -2.88. The second kappa shape index (κ2) is 9.08. The van der Waals surface area contributed by atoms with Gasteiger partial charge in [-0.3, -0.25) is 0 Å². The Labute approximate surface area is 174 Å². The zero-order chi connectivity index (χ0) is 21.0. The summed E-state index contributed by atoms with van der Waals surface area (Å²) in [6.07, 6.45) is 2.37. The maximum absolute atomic E-state index is 14.1. The smallest absolute Gasteiger partial charge is 0.407 e. The Morgan fingerprint density at radius 3 is 2.83 bits per heavy atom. The summed E-state index contributed by atoms with van der Waals surface area (Å²) in [6.45, 7) is 1.87. The van der Waals surface area contributed by atoms with Gasteiger partial charge in [0.1, 0.15) is 27.8 Å². The lowest BCUT2D eigenvalue weighted by atomic mass is 10.1. The fourth-order valence-electron chi connectivity index (χ4n) is 2.66. The molecule has 3 rings (SSSR count). The number of imidazole rings is 1. The number of H-pyrrole nitrogens is 1. The Bertz CT molecular complexity index is 1030. The van der Waals surface area contributed by atoms with Crippen LogP contribution >= 0.6 is 15.9 Å². The number of alkyl carbamates (subject to hydrolysis) is 1. The van der Waals surface area contributed by atoms with E-state index >= 15 is 0 Å². The summed E-state index contributed by atoms with van der Waals surface area (Å²) in [4.78, 5) is 27.3. The number of nitrogens with zero attached hydrogens (tertiary/aromatic N) is 3. The molecule has 2 heterocycles. The summed E-state index contributed by atoms with van der Waals surface area (Å²) in [5.41, 5.74) is 1.31. The third-order valence-corrected chi connectivity index (χ3v) is 4.73. The molecule has 0 saturated heterocycles. The predicted molar refractivity (Wildman–Crippen MR) is 106 cm³/mol. The topological polar surface area (TPSA) is 92.8 Å². The van der Waals surface area contributed by atoms with E-state index in [0.717, 1.165) is 17.8 Å². The van der Waals surface area contributed by atoms with E-state index < -0.39 is 17.7 Å². The quantitative estimate of drug-likeness (QED) is 0.567. The standard InChI is InChI=1S/C19H18BrF2N5O2/c1-10(24-19(28)29-2)3-5-12-7-8-23-18(25-12)15-16(20)27-17(26-15)13-6-4-11(21)9-14(13)22/h4,6-10H,3,5H2,1-2H3,(H,24,28)(H,26,27)/t10-/m0/s1. The van der Waals surface area contributed by atoms with Gasteiger partial charge in [-0.15, -0.1) is 0 Å². The molecule has 10 heteroatoms. The van der Waals surface area contributed by atoms with E-state index in [1.165, 1.54) is 13.2 Å². The second-order valence-electron chi connectivity index (χ2n) is 6.32. The van der Waals surface area contributed by atoms with Gasteiger partial charge in [-0.25, -0.2) is 28.5 Å². The van der Waals surface area contributed by atoms with Crippen molar-refractivity contribution < 1.29 is 18.3 Å². The van der Waals surface area contributed by atoms with Crippen LogP contribution in [0.2, 0.25) is 0 Å². The monoisotopic (exact) mass is 465 g/mol. The van der Waals surface area contributed by atoms with Gasteiger partial charge in [0, 0.05) is 24.0 Å². The number of ether oxygens (including phenoxy) is 1. The molecular formula is C19H18BrF2N5O2. The van der Waals surface area contributed by atoms with Crippen LogP contribution in [-0.4, -0.2) is 39.2 Å². The average Bonchev–Trinajstić information content (AvgIpc) is 3.08. The number of carbonyl (C=O) groups is 1. The van der Waals surface area contributed by atoms with Crippen LogP contribution in [0.25, 0.3) is 22.9 Å². The van der Waals surface area contributed by atoms with Crippen molar-refractivity contribution in [3.8, 4) is 22.9 Å². The third kappa shape index (κ3) is 5.14. The minimum atomic E-state index is -0.723. The SMILES string of the molecule is COC(=O)N[C@@H](C)CCc1ccnc(-c2nc(-c3ccc(F)cc3F)[nH]c2Br)n1. The van der Waals surface area contributed by atoms with E-state index in [-0.39, 0.29) is 17.4 Å². The zero-order valence-electron chi connectivity index (χ0n) is 15.7. The number of rotatable bonds is 6. The zero-order valence-corrected chi connectivity index (χ0v) is 17.3. The molecule has 0 radical (unpaired) electrons. The van der Waals surface area contributed by atoms with Crippen LogP contribution in [0.3, 0.4) is 0 Å². The molecule has 2 aromatic heterocycles. The third-order valence-electron chi connectivity index (χ3n) is 4.15. The number of carbonyl (C=O) groups excluding carboxylic acids is 1. The van der Waals surface area contributed by atoms with Crippen molar-refractivity contribution in [3.63, 3.8) is 0 Å². The Kier molecular flexibility index (Phi) is 6.53. The molecular weight excluding hydrogens is 448 g/mol. The number of nitrogens with one attached hydrogen (secondary N) is 2. The van der Waals surface area contributed by atoms with Gasteiger partial charge in [0.25, 0.3) is 0 Å². The predicted octanol–water partition coefficient (Wildman–Crippen LogP) is 4.25. The summed E-state index contributed by atoms with van der Waals surface area (Å²) in [5.74, 6) is -0.800. The number of aromatic nitrogens is 4. The maximum Gasteiger partial charge on any atom is 0.407 e. The number of aromatic amines is 1. The van der Waals surface area contributed by atoms with Crippen LogP contribution < -0.4 is 5.32 Å². The molecule has 0 aliphatic rings. The molecule has 0 bridgehead atoms. The second-order valence-corrected chi connectivity index (χ2v) is 7.11. The first kappa shape index (κ1) is 20.8.